The van der Waals surface area contributed by atoms with Crippen molar-refractivity contribution in [2.75, 3.05) is 7.05 Å². The number of halogens is 3. The lowest BCUT2D eigenvalue weighted by Gasteiger charge is -2.16. The number of nitrogens with zero attached hydrogens (tertiary/aromatic N) is 1. The number of nitrogens with one attached hydrogen (secondary N) is 1. The predicted octanol–water partition coefficient (Wildman–Crippen LogP) is 4.32. The van der Waals surface area contributed by atoms with Crippen molar-refractivity contribution in [3.8, 4) is 0 Å². The maximum atomic E-state index is 14.2. The van der Waals surface area contributed by atoms with Crippen molar-refractivity contribution < 1.29 is 4.39 Å². The highest BCUT2D eigenvalue weighted by atomic mass is 79.9. The van der Waals surface area contributed by atoms with Crippen LogP contribution < -0.4 is 5.32 Å². The van der Waals surface area contributed by atoms with Crippen molar-refractivity contribution in [3.05, 3.63) is 49.1 Å². The number of aryl methyl sites for hydroxylation is 1. The van der Waals surface area contributed by atoms with E-state index in [9.17, 15) is 4.39 Å². The highest BCUT2D eigenvalue weighted by Gasteiger charge is 2.21. The zero-order chi connectivity index (χ0) is 13.3. The third kappa shape index (κ3) is 2.59. The van der Waals surface area contributed by atoms with Gasteiger partial charge in [0.2, 0.25) is 0 Å². The van der Waals surface area contributed by atoms with E-state index < -0.39 is 5.82 Å². The lowest BCUT2D eigenvalue weighted by Crippen LogP contribution is -2.18. The smallest absolute Gasteiger partial charge is 0.148 e. The van der Waals surface area contributed by atoms with Gasteiger partial charge in [-0.05, 0) is 36.0 Å². The second-order valence-electron chi connectivity index (χ2n) is 3.77. The highest BCUT2D eigenvalue weighted by molar-refractivity contribution is 9.10. The minimum atomic E-state index is -0.406. The molecule has 1 unspecified atom stereocenters. The summed E-state index contributed by atoms with van der Waals surface area (Å²) in [6, 6.07) is 3.24. The van der Waals surface area contributed by atoms with E-state index in [1.165, 1.54) is 11.3 Å². The van der Waals surface area contributed by atoms with E-state index in [0.29, 0.717) is 10.0 Å². The van der Waals surface area contributed by atoms with Gasteiger partial charge in [0.25, 0.3) is 0 Å². The standard InChI is InChI=1S/C12H11BrClFN2S/c1-6-17-5-9(18-6)12(16-2)7-3-4-8(13)10(14)11(7)15/h3-5,12,16H,1-2H3. The van der Waals surface area contributed by atoms with Crippen LogP contribution in [0.1, 0.15) is 21.5 Å². The largest absolute Gasteiger partial charge is 0.309 e. The molecule has 2 nitrogen and oxygen atoms in total. The molecule has 0 amide bonds. The third-order valence-corrected chi connectivity index (χ3v) is 4.82. The Morgan fingerprint density at radius 1 is 1.50 bits per heavy atom. The molecule has 0 aliphatic heterocycles. The van der Waals surface area contributed by atoms with Crippen molar-refractivity contribution in [3.63, 3.8) is 0 Å². The van der Waals surface area contributed by atoms with E-state index in [0.717, 1.165) is 9.88 Å². The fraction of sp³-hybridized carbons (Fsp3) is 0.250. The molecule has 1 aromatic heterocycles. The van der Waals surface area contributed by atoms with Crippen LogP contribution in [0.25, 0.3) is 0 Å². The maximum absolute atomic E-state index is 14.2. The Balaban J connectivity index is 2.49. The van der Waals surface area contributed by atoms with Gasteiger partial charge < -0.3 is 5.32 Å². The van der Waals surface area contributed by atoms with E-state index in [-0.39, 0.29) is 11.1 Å². The molecule has 0 saturated carbocycles. The first-order valence-electron chi connectivity index (χ1n) is 5.27. The Morgan fingerprint density at radius 2 is 2.22 bits per heavy atom. The number of aromatic nitrogens is 1. The van der Waals surface area contributed by atoms with Gasteiger partial charge in [0.1, 0.15) is 5.82 Å². The molecule has 0 bridgehead atoms. The molecular formula is C12H11BrClFN2S. The highest BCUT2D eigenvalue weighted by Crippen LogP contribution is 2.34. The van der Waals surface area contributed by atoms with Crippen LogP contribution in [0.3, 0.4) is 0 Å². The average molecular weight is 350 g/mol. The zero-order valence-electron chi connectivity index (χ0n) is 9.80. The summed E-state index contributed by atoms with van der Waals surface area (Å²) in [6.45, 7) is 1.92. The van der Waals surface area contributed by atoms with E-state index in [2.05, 4.69) is 26.2 Å². The number of thiazole rings is 1. The van der Waals surface area contributed by atoms with E-state index in [1.54, 1.807) is 25.4 Å². The molecule has 2 aromatic rings. The van der Waals surface area contributed by atoms with Crippen LogP contribution in [0.2, 0.25) is 5.02 Å². The van der Waals surface area contributed by atoms with Gasteiger partial charge in [-0.25, -0.2) is 9.37 Å². The summed E-state index contributed by atoms with van der Waals surface area (Å²) in [5, 5.41) is 4.15. The minimum Gasteiger partial charge on any atom is -0.309 e. The fourth-order valence-electron chi connectivity index (χ4n) is 1.73. The Hall–Kier alpha value is -0.490. The summed E-state index contributed by atoms with van der Waals surface area (Å²) in [7, 11) is 1.79. The molecule has 0 spiro atoms. The first kappa shape index (κ1) is 13.9. The van der Waals surface area contributed by atoms with Crippen molar-refractivity contribution in [2.24, 2.45) is 0 Å². The first-order valence-corrected chi connectivity index (χ1v) is 7.26. The summed E-state index contributed by atoms with van der Waals surface area (Å²) in [4.78, 5) is 5.16. The molecule has 0 aliphatic rings. The average Bonchev–Trinajstić information content (AvgIpc) is 2.77. The van der Waals surface area contributed by atoms with Gasteiger partial charge in [0.05, 0.1) is 16.1 Å². The molecule has 0 fully saturated rings. The Labute approximate surface area is 122 Å². The SMILES string of the molecule is CNC(c1cnc(C)s1)c1ccc(Br)c(Cl)c1F. The van der Waals surface area contributed by atoms with Gasteiger partial charge in [-0.2, -0.15) is 0 Å². The molecule has 96 valence electrons. The molecule has 6 heteroatoms. The van der Waals surface area contributed by atoms with Gasteiger partial charge >= 0.3 is 0 Å². The second kappa shape index (κ2) is 5.65. The van der Waals surface area contributed by atoms with Crippen LogP contribution in [0.5, 0.6) is 0 Å². The van der Waals surface area contributed by atoms with Gasteiger partial charge in [-0.15, -0.1) is 11.3 Å². The number of hydrogen-bond donors (Lipinski definition) is 1. The monoisotopic (exact) mass is 348 g/mol. The van der Waals surface area contributed by atoms with Gasteiger partial charge in [-0.3, -0.25) is 0 Å². The van der Waals surface area contributed by atoms with Crippen LogP contribution >= 0.6 is 38.9 Å². The molecule has 0 aliphatic carbocycles. The van der Waals surface area contributed by atoms with Crippen molar-refractivity contribution in [1.82, 2.24) is 10.3 Å². The lowest BCUT2D eigenvalue weighted by molar-refractivity contribution is 0.578. The molecule has 1 heterocycles. The molecular weight excluding hydrogens is 339 g/mol. The molecule has 18 heavy (non-hydrogen) atoms. The van der Waals surface area contributed by atoms with E-state index in [1.807, 2.05) is 6.92 Å². The molecule has 0 radical (unpaired) electrons. The second-order valence-corrected chi connectivity index (χ2v) is 6.27. The quantitative estimate of drug-likeness (QED) is 0.835. The molecule has 1 N–H and O–H groups in total. The third-order valence-electron chi connectivity index (χ3n) is 2.59. The zero-order valence-corrected chi connectivity index (χ0v) is 13.0. The number of rotatable bonds is 3. The Kier molecular flexibility index (Phi) is 4.37. The van der Waals surface area contributed by atoms with Crippen LogP contribution in [-0.2, 0) is 0 Å². The summed E-state index contributed by atoms with van der Waals surface area (Å²) in [6.07, 6.45) is 1.76. The van der Waals surface area contributed by atoms with Gasteiger partial charge in [0.15, 0.2) is 0 Å². The summed E-state index contributed by atoms with van der Waals surface area (Å²) >= 11 is 10.7. The Morgan fingerprint density at radius 3 is 2.78 bits per heavy atom. The number of benzene rings is 1. The first-order chi connectivity index (χ1) is 8.54. The van der Waals surface area contributed by atoms with Crippen LogP contribution in [0, 0.1) is 12.7 Å². The summed E-state index contributed by atoms with van der Waals surface area (Å²) in [5.74, 6) is -0.406. The molecule has 1 aromatic carbocycles. The van der Waals surface area contributed by atoms with E-state index >= 15 is 0 Å². The lowest BCUT2D eigenvalue weighted by atomic mass is 10.1. The molecule has 0 saturated heterocycles. The van der Waals surface area contributed by atoms with Crippen LogP contribution in [0.4, 0.5) is 4.39 Å². The molecule has 1 atom stereocenters. The van der Waals surface area contributed by atoms with Crippen molar-refractivity contribution in [1.29, 1.82) is 0 Å². The normalized spacial score (nSPS) is 12.7. The summed E-state index contributed by atoms with van der Waals surface area (Å²) in [5.41, 5.74) is 0.523. The predicted molar refractivity (Wildman–Crippen MR) is 76.9 cm³/mol. The van der Waals surface area contributed by atoms with Crippen molar-refractivity contribution >= 4 is 38.9 Å². The number of hydrogen-bond acceptors (Lipinski definition) is 3. The Bertz CT molecular complexity index is 573. The van der Waals surface area contributed by atoms with Crippen LogP contribution in [0.15, 0.2) is 22.8 Å². The topological polar surface area (TPSA) is 24.9 Å². The minimum absolute atomic E-state index is 0.106. The van der Waals surface area contributed by atoms with Gasteiger partial charge in [-0.1, -0.05) is 17.7 Å². The van der Waals surface area contributed by atoms with Crippen molar-refractivity contribution in [2.45, 2.75) is 13.0 Å². The van der Waals surface area contributed by atoms with Gasteiger partial charge in [0, 0.05) is 21.1 Å². The van der Waals surface area contributed by atoms with Crippen LogP contribution in [-0.4, -0.2) is 12.0 Å². The summed E-state index contributed by atoms with van der Waals surface area (Å²) < 4.78 is 14.7. The van der Waals surface area contributed by atoms with E-state index in [4.69, 9.17) is 11.6 Å². The molecule has 2 rings (SSSR count). The maximum Gasteiger partial charge on any atom is 0.148 e. The fourth-order valence-corrected chi connectivity index (χ4v) is 3.12.